The summed E-state index contributed by atoms with van der Waals surface area (Å²) in [5.74, 6) is -0.528. The molecule has 110 valence electrons. The molecule has 1 aliphatic heterocycles. The summed E-state index contributed by atoms with van der Waals surface area (Å²) in [6.07, 6.45) is 2.20. The van der Waals surface area contributed by atoms with Crippen LogP contribution in [0.4, 0.5) is 0 Å². The van der Waals surface area contributed by atoms with Crippen LogP contribution >= 0.6 is 0 Å². The molecule has 1 fully saturated rings. The Hall–Kier alpha value is -1.39. The summed E-state index contributed by atoms with van der Waals surface area (Å²) in [7, 11) is 0. The van der Waals surface area contributed by atoms with Crippen molar-refractivity contribution in [3.8, 4) is 0 Å². The van der Waals surface area contributed by atoms with Gasteiger partial charge < -0.3 is 10.2 Å². The molecule has 2 atom stereocenters. The van der Waals surface area contributed by atoms with Crippen molar-refractivity contribution < 1.29 is 15.0 Å². The summed E-state index contributed by atoms with van der Waals surface area (Å²) < 4.78 is 0. The van der Waals surface area contributed by atoms with Gasteiger partial charge in [0, 0.05) is 19.5 Å². The van der Waals surface area contributed by atoms with E-state index in [1.165, 1.54) is 0 Å². The lowest BCUT2D eigenvalue weighted by Gasteiger charge is -2.37. The second kappa shape index (κ2) is 6.37. The minimum absolute atomic E-state index is 0.202. The van der Waals surface area contributed by atoms with Crippen molar-refractivity contribution in [3.63, 3.8) is 0 Å². The van der Waals surface area contributed by atoms with Gasteiger partial charge in [-0.2, -0.15) is 0 Å². The van der Waals surface area contributed by atoms with Gasteiger partial charge in [0.2, 0.25) is 0 Å². The Labute approximate surface area is 120 Å². The number of likely N-dealkylation sites (tertiary alicyclic amines) is 1. The van der Waals surface area contributed by atoms with Gasteiger partial charge in [-0.1, -0.05) is 30.3 Å². The zero-order chi connectivity index (χ0) is 14.6. The first-order valence-corrected chi connectivity index (χ1v) is 7.19. The Bertz CT molecular complexity index is 444. The fourth-order valence-electron chi connectivity index (χ4n) is 3.03. The van der Waals surface area contributed by atoms with Crippen LogP contribution in [0.2, 0.25) is 0 Å². The fraction of sp³-hybridized carbons (Fsp3) is 0.562. The van der Waals surface area contributed by atoms with Gasteiger partial charge in [-0.3, -0.25) is 9.69 Å². The van der Waals surface area contributed by atoms with Crippen LogP contribution in [0.3, 0.4) is 0 Å². The van der Waals surface area contributed by atoms with Gasteiger partial charge in [-0.25, -0.2) is 0 Å². The molecular formula is C16H23NO3. The first kappa shape index (κ1) is 15.0. The van der Waals surface area contributed by atoms with E-state index in [-0.39, 0.29) is 12.3 Å². The SMILES string of the molecule is CC(O)(CN1CCCC(CC(=O)O)C1)c1ccccc1. The number of hydrogen-bond donors (Lipinski definition) is 2. The van der Waals surface area contributed by atoms with Crippen LogP contribution in [-0.2, 0) is 10.4 Å². The van der Waals surface area contributed by atoms with Gasteiger partial charge in [0.1, 0.15) is 0 Å². The van der Waals surface area contributed by atoms with Crippen LogP contribution in [0.25, 0.3) is 0 Å². The monoisotopic (exact) mass is 277 g/mol. The zero-order valence-electron chi connectivity index (χ0n) is 12.0. The highest BCUT2D eigenvalue weighted by molar-refractivity contribution is 5.67. The number of aliphatic hydroxyl groups is 1. The third-order valence-electron chi connectivity index (χ3n) is 3.99. The number of benzene rings is 1. The Morgan fingerprint density at radius 3 is 2.75 bits per heavy atom. The lowest BCUT2D eigenvalue weighted by molar-refractivity contribution is -0.138. The highest BCUT2D eigenvalue weighted by Crippen LogP contribution is 2.26. The molecule has 2 N–H and O–H groups in total. The van der Waals surface area contributed by atoms with Crippen molar-refractivity contribution in [2.45, 2.75) is 31.8 Å². The Kier molecular flexibility index (Phi) is 4.78. The summed E-state index contributed by atoms with van der Waals surface area (Å²) in [5.41, 5.74) is 0.00665. The van der Waals surface area contributed by atoms with Crippen molar-refractivity contribution >= 4 is 5.97 Å². The van der Waals surface area contributed by atoms with Gasteiger partial charge in [0.05, 0.1) is 5.60 Å². The fourth-order valence-corrected chi connectivity index (χ4v) is 3.03. The molecule has 2 rings (SSSR count). The maximum atomic E-state index is 10.8. The minimum atomic E-state index is -0.896. The predicted molar refractivity (Wildman–Crippen MR) is 77.4 cm³/mol. The van der Waals surface area contributed by atoms with Gasteiger partial charge in [-0.15, -0.1) is 0 Å². The molecule has 20 heavy (non-hydrogen) atoms. The van der Waals surface area contributed by atoms with Gasteiger partial charge in [0.15, 0.2) is 0 Å². The van der Waals surface area contributed by atoms with E-state index in [2.05, 4.69) is 4.90 Å². The average Bonchev–Trinajstić information content (AvgIpc) is 2.39. The van der Waals surface area contributed by atoms with Crippen LogP contribution in [0, 0.1) is 5.92 Å². The summed E-state index contributed by atoms with van der Waals surface area (Å²) in [6, 6.07) is 9.64. The van der Waals surface area contributed by atoms with Crippen molar-refractivity contribution in [2.75, 3.05) is 19.6 Å². The molecule has 0 aromatic heterocycles. The number of carbonyl (C=O) groups is 1. The molecule has 0 spiro atoms. The smallest absolute Gasteiger partial charge is 0.303 e. The Balaban J connectivity index is 1.96. The summed E-state index contributed by atoms with van der Waals surface area (Å²) in [4.78, 5) is 13.0. The molecule has 1 saturated heterocycles. The maximum absolute atomic E-state index is 10.8. The number of piperidine rings is 1. The highest BCUT2D eigenvalue weighted by atomic mass is 16.4. The van der Waals surface area contributed by atoms with Gasteiger partial charge in [0.25, 0.3) is 0 Å². The second-order valence-electron chi connectivity index (χ2n) is 5.98. The number of rotatable bonds is 5. The van der Waals surface area contributed by atoms with Crippen molar-refractivity contribution in [3.05, 3.63) is 35.9 Å². The molecule has 2 unspecified atom stereocenters. The molecule has 1 aliphatic rings. The quantitative estimate of drug-likeness (QED) is 0.865. The molecule has 1 aromatic rings. The lowest BCUT2D eigenvalue weighted by Crippen LogP contribution is -2.44. The predicted octanol–water partition coefficient (Wildman–Crippen LogP) is 2.08. The lowest BCUT2D eigenvalue weighted by atomic mass is 9.91. The molecule has 0 amide bonds. The number of aliphatic carboxylic acids is 1. The van der Waals surface area contributed by atoms with Crippen molar-refractivity contribution in [1.82, 2.24) is 4.90 Å². The molecular weight excluding hydrogens is 254 g/mol. The highest BCUT2D eigenvalue weighted by Gasteiger charge is 2.29. The summed E-state index contributed by atoms with van der Waals surface area (Å²) in [6.45, 7) is 4.06. The zero-order valence-corrected chi connectivity index (χ0v) is 12.0. The van der Waals surface area contributed by atoms with Crippen LogP contribution < -0.4 is 0 Å². The van der Waals surface area contributed by atoms with E-state index < -0.39 is 11.6 Å². The third-order valence-corrected chi connectivity index (χ3v) is 3.99. The summed E-state index contributed by atoms with van der Waals surface area (Å²) in [5, 5.41) is 19.5. The number of carboxylic acid groups (broad SMARTS) is 1. The standard InChI is InChI=1S/C16H23NO3/c1-16(20,14-7-3-2-4-8-14)12-17-9-5-6-13(11-17)10-15(18)19/h2-4,7-8,13,20H,5-6,9-12H2,1H3,(H,18,19). The number of carboxylic acids is 1. The molecule has 0 bridgehead atoms. The van der Waals surface area contributed by atoms with Crippen LogP contribution in [-0.4, -0.2) is 40.7 Å². The van der Waals surface area contributed by atoms with E-state index in [0.29, 0.717) is 6.54 Å². The van der Waals surface area contributed by atoms with Crippen LogP contribution in [0.1, 0.15) is 31.7 Å². The Morgan fingerprint density at radius 1 is 1.40 bits per heavy atom. The first-order valence-electron chi connectivity index (χ1n) is 7.19. The Morgan fingerprint density at radius 2 is 2.10 bits per heavy atom. The number of nitrogens with zero attached hydrogens (tertiary/aromatic N) is 1. The van der Waals surface area contributed by atoms with Gasteiger partial charge >= 0.3 is 5.97 Å². The molecule has 0 aliphatic carbocycles. The summed E-state index contributed by atoms with van der Waals surface area (Å²) >= 11 is 0. The van der Waals surface area contributed by atoms with E-state index >= 15 is 0 Å². The van der Waals surface area contributed by atoms with E-state index in [1.54, 1.807) is 0 Å². The van der Waals surface area contributed by atoms with E-state index in [0.717, 1.165) is 31.5 Å². The molecule has 0 saturated carbocycles. The second-order valence-corrected chi connectivity index (χ2v) is 5.98. The largest absolute Gasteiger partial charge is 0.481 e. The number of β-amino-alcohol motifs (C(OH)–C–C–N with tert-alkyl or cyclic N) is 1. The molecule has 4 heteroatoms. The first-order chi connectivity index (χ1) is 9.47. The van der Waals surface area contributed by atoms with Crippen molar-refractivity contribution in [1.29, 1.82) is 0 Å². The topological polar surface area (TPSA) is 60.8 Å². The van der Waals surface area contributed by atoms with Crippen molar-refractivity contribution in [2.24, 2.45) is 5.92 Å². The molecule has 4 nitrogen and oxygen atoms in total. The maximum Gasteiger partial charge on any atom is 0.303 e. The van der Waals surface area contributed by atoms with Crippen LogP contribution in [0.15, 0.2) is 30.3 Å². The normalized spacial score (nSPS) is 23.2. The third kappa shape index (κ3) is 4.05. The average molecular weight is 277 g/mol. The van der Waals surface area contributed by atoms with E-state index in [1.807, 2.05) is 37.3 Å². The van der Waals surface area contributed by atoms with Crippen LogP contribution in [0.5, 0.6) is 0 Å². The molecule has 0 radical (unpaired) electrons. The van der Waals surface area contributed by atoms with E-state index in [4.69, 9.17) is 5.11 Å². The molecule has 1 heterocycles. The molecule has 1 aromatic carbocycles. The van der Waals surface area contributed by atoms with Gasteiger partial charge in [-0.05, 0) is 37.8 Å². The van der Waals surface area contributed by atoms with E-state index in [9.17, 15) is 9.90 Å². The number of hydrogen-bond acceptors (Lipinski definition) is 3. The minimum Gasteiger partial charge on any atom is -0.481 e.